The second-order valence-corrected chi connectivity index (χ2v) is 9.40. The topological polar surface area (TPSA) is 105 Å². The predicted molar refractivity (Wildman–Crippen MR) is 143 cm³/mol. The Morgan fingerprint density at radius 1 is 1.29 bits per heavy atom. The highest BCUT2D eigenvalue weighted by molar-refractivity contribution is 6.32. The molecule has 1 aromatic carbocycles. The molecule has 4 rings (SSSR count). The molecule has 2 aromatic heterocycles. The average Bonchev–Trinajstić information content (AvgIpc) is 2.90. The molecule has 0 spiro atoms. The van der Waals surface area contributed by atoms with E-state index in [1.807, 2.05) is 22.8 Å². The molecule has 1 atom stereocenters. The summed E-state index contributed by atoms with van der Waals surface area (Å²) < 4.78 is 32.8. The lowest BCUT2D eigenvalue weighted by molar-refractivity contribution is -0.122. The number of anilines is 3. The van der Waals surface area contributed by atoms with Gasteiger partial charge in [-0.05, 0) is 30.7 Å². The van der Waals surface area contributed by atoms with Crippen LogP contribution in [-0.4, -0.2) is 77.6 Å². The highest BCUT2D eigenvalue weighted by atomic mass is 35.5. The van der Waals surface area contributed by atoms with Gasteiger partial charge in [-0.15, -0.1) is 0 Å². The molecule has 13 heteroatoms. The molecule has 0 radical (unpaired) electrons. The molecular weight excluding hydrogens is 520 g/mol. The van der Waals surface area contributed by atoms with Crippen LogP contribution in [0.15, 0.2) is 35.3 Å². The molecule has 2 N–H and O–H groups in total. The Hall–Kier alpha value is -3.51. The average molecular weight is 550 g/mol. The Bertz CT molecular complexity index is 1370. The number of ether oxygens (including phenoxy) is 1. The van der Waals surface area contributed by atoms with Gasteiger partial charge in [-0.25, -0.2) is 13.8 Å². The molecular formula is C25H30ClF2N7O3. The Morgan fingerprint density at radius 3 is 2.79 bits per heavy atom. The maximum absolute atomic E-state index is 13.0. The molecule has 1 unspecified atom stereocenters. The van der Waals surface area contributed by atoms with Gasteiger partial charge in [0.25, 0.3) is 17.9 Å². The van der Waals surface area contributed by atoms with Gasteiger partial charge in [0.15, 0.2) is 18.2 Å². The van der Waals surface area contributed by atoms with Gasteiger partial charge in [0.2, 0.25) is 5.95 Å². The molecule has 1 amide bonds. The summed E-state index contributed by atoms with van der Waals surface area (Å²) in [5, 5.41) is 6.67. The predicted octanol–water partition coefficient (Wildman–Crippen LogP) is 3.02. The van der Waals surface area contributed by atoms with Crippen molar-refractivity contribution in [2.24, 2.45) is 7.05 Å². The van der Waals surface area contributed by atoms with Gasteiger partial charge < -0.3 is 24.8 Å². The van der Waals surface area contributed by atoms with E-state index in [0.717, 1.165) is 6.42 Å². The van der Waals surface area contributed by atoms with Crippen molar-refractivity contribution < 1.29 is 18.3 Å². The van der Waals surface area contributed by atoms with Crippen LogP contribution in [-0.2, 0) is 11.8 Å². The zero-order valence-electron chi connectivity index (χ0n) is 21.4. The fourth-order valence-corrected chi connectivity index (χ4v) is 4.60. The molecule has 1 aliphatic rings. The van der Waals surface area contributed by atoms with Crippen molar-refractivity contribution in [3.05, 3.63) is 45.8 Å². The van der Waals surface area contributed by atoms with Gasteiger partial charge in [-0.3, -0.25) is 14.5 Å². The zero-order valence-corrected chi connectivity index (χ0v) is 22.1. The summed E-state index contributed by atoms with van der Waals surface area (Å²) in [4.78, 5) is 36.9. The van der Waals surface area contributed by atoms with E-state index < -0.39 is 6.43 Å². The van der Waals surface area contributed by atoms with E-state index in [2.05, 4.69) is 20.6 Å². The number of nitrogens with one attached hydrogen (secondary N) is 2. The van der Waals surface area contributed by atoms with Crippen molar-refractivity contribution in [1.29, 1.82) is 0 Å². The number of carbonyl (C=O) groups excluding carboxylic acids is 1. The number of piperazine rings is 1. The minimum absolute atomic E-state index is 0.0274. The number of halogens is 3. The first-order valence-electron chi connectivity index (χ1n) is 12.2. The van der Waals surface area contributed by atoms with E-state index in [9.17, 15) is 18.4 Å². The lowest BCUT2D eigenvalue weighted by Gasteiger charge is -2.41. The Morgan fingerprint density at radius 2 is 2.08 bits per heavy atom. The van der Waals surface area contributed by atoms with Gasteiger partial charge in [-0.2, -0.15) is 4.98 Å². The van der Waals surface area contributed by atoms with Crippen LogP contribution < -0.4 is 25.8 Å². The van der Waals surface area contributed by atoms with Gasteiger partial charge in [0.05, 0.1) is 18.3 Å². The molecule has 0 saturated carbocycles. The molecule has 3 heterocycles. The van der Waals surface area contributed by atoms with Crippen LogP contribution in [0.25, 0.3) is 10.9 Å². The van der Waals surface area contributed by atoms with Crippen LogP contribution in [0.2, 0.25) is 5.02 Å². The lowest BCUT2D eigenvalue weighted by atomic mass is 10.1. The van der Waals surface area contributed by atoms with Crippen molar-refractivity contribution in [3.63, 3.8) is 0 Å². The number of aryl methyl sites for hydroxylation is 1. The van der Waals surface area contributed by atoms with Crippen molar-refractivity contribution >= 4 is 45.9 Å². The van der Waals surface area contributed by atoms with E-state index in [0.29, 0.717) is 53.0 Å². The third-order valence-electron chi connectivity index (χ3n) is 6.55. The summed E-state index contributed by atoms with van der Waals surface area (Å²) in [7, 11) is 3.12. The summed E-state index contributed by atoms with van der Waals surface area (Å²) >= 11 is 6.39. The number of alkyl halides is 2. The fourth-order valence-electron chi connectivity index (χ4n) is 4.46. The van der Waals surface area contributed by atoms with Gasteiger partial charge in [0.1, 0.15) is 5.02 Å². The minimum Gasteiger partial charge on any atom is -0.478 e. The summed E-state index contributed by atoms with van der Waals surface area (Å²) in [6.07, 6.45) is -0.133. The van der Waals surface area contributed by atoms with Crippen LogP contribution in [0.4, 0.5) is 26.2 Å². The van der Waals surface area contributed by atoms with Crippen molar-refractivity contribution in [2.75, 3.05) is 50.1 Å². The first-order valence-corrected chi connectivity index (χ1v) is 12.6. The van der Waals surface area contributed by atoms with E-state index in [1.165, 1.54) is 17.8 Å². The van der Waals surface area contributed by atoms with Gasteiger partial charge in [-0.1, -0.05) is 18.5 Å². The van der Waals surface area contributed by atoms with Crippen molar-refractivity contribution in [1.82, 2.24) is 24.8 Å². The molecule has 38 heavy (non-hydrogen) atoms. The second kappa shape index (κ2) is 11.9. The first kappa shape index (κ1) is 27.5. The summed E-state index contributed by atoms with van der Waals surface area (Å²) in [5.41, 5.74) is 0.979. The highest BCUT2D eigenvalue weighted by Crippen LogP contribution is 2.28. The van der Waals surface area contributed by atoms with Gasteiger partial charge in [0, 0.05) is 50.8 Å². The molecule has 3 aromatic rings. The number of hydrogen-bond acceptors (Lipinski definition) is 8. The SMILES string of the molecule is CCC1CN(c2ncc(Cl)c(Nc3ccc4c(c3)cc(OCC(=O)NC)c(=O)n4C)n2)CCN1CC(F)F. The Labute approximate surface area is 223 Å². The number of pyridine rings is 1. The molecule has 1 aliphatic heterocycles. The van der Waals surface area contributed by atoms with E-state index >= 15 is 0 Å². The van der Waals surface area contributed by atoms with E-state index in [-0.39, 0.29) is 36.4 Å². The molecule has 0 aliphatic carbocycles. The van der Waals surface area contributed by atoms with Crippen LogP contribution in [0, 0.1) is 0 Å². The number of fused-ring (bicyclic) bond motifs is 1. The smallest absolute Gasteiger partial charge is 0.293 e. The molecule has 10 nitrogen and oxygen atoms in total. The third-order valence-corrected chi connectivity index (χ3v) is 6.83. The van der Waals surface area contributed by atoms with Crippen molar-refractivity contribution in [2.45, 2.75) is 25.8 Å². The number of carbonyl (C=O) groups is 1. The largest absolute Gasteiger partial charge is 0.478 e. The van der Waals surface area contributed by atoms with Crippen LogP contribution >= 0.6 is 11.6 Å². The lowest BCUT2D eigenvalue weighted by Crippen LogP contribution is -2.54. The van der Waals surface area contributed by atoms with Crippen LogP contribution in [0.3, 0.4) is 0 Å². The summed E-state index contributed by atoms with van der Waals surface area (Å²) in [6, 6.07) is 6.95. The normalized spacial score (nSPS) is 16.2. The Balaban J connectivity index is 1.56. The number of nitrogens with zero attached hydrogens (tertiary/aromatic N) is 5. The van der Waals surface area contributed by atoms with Crippen molar-refractivity contribution in [3.8, 4) is 5.75 Å². The molecule has 1 fully saturated rings. The number of amides is 1. The van der Waals surface area contributed by atoms with Gasteiger partial charge >= 0.3 is 0 Å². The second-order valence-electron chi connectivity index (χ2n) is 8.99. The highest BCUT2D eigenvalue weighted by Gasteiger charge is 2.29. The third kappa shape index (κ3) is 6.13. The molecule has 1 saturated heterocycles. The zero-order chi connectivity index (χ0) is 27.4. The summed E-state index contributed by atoms with van der Waals surface area (Å²) in [6.45, 7) is 3.01. The number of likely N-dealkylation sites (N-methyl/N-ethyl adjacent to an activating group) is 1. The van der Waals surface area contributed by atoms with E-state index in [4.69, 9.17) is 16.3 Å². The fraction of sp³-hybridized carbons (Fsp3) is 0.440. The van der Waals surface area contributed by atoms with E-state index in [1.54, 1.807) is 25.2 Å². The Kier molecular flexibility index (Phi) is 8.62. The monoisotopic (exact) mass is 549 g/mol. The minimum atomic E-state index is -2.37. The number of rotatable bonds is 9. The number of aromatic nitrogens is 3. The maximum Gasteiger partial charge on any atom is 0.293 e. The molecule has 0 bridgehead atoms. The first-order chi connectivity index (χ1) is 18.2. The summed E-state index contributed by atoms with van der Waals surface area (Å²) in [5.74, 6) is 0.553. The molecule has 204 valence electrons. The number of benzene rings is 1. The quantitative estimate of drug-likeness (QED) is 0.420. The number of hydrogen-bond donors (Lipinski definition) is 2. The van der Waals surface area contributed by atoms with Crippen LogP contribution in [0.1, 0.15) is 13.3 Å². The standard InChI is InChI=1S/C25H30ClF2N7O3/c1-4-17-12-35(8-7-34(17)13-21(27)28)25-30-11-18(26)23(32-25)31-16-5-6-19-15(9-16)10-20(24(37)33(19)3)38-14-22(36)29-2/h5-6,9-11,17,21H,4,7-8,12-14H2,1-3H3,(H,29,36)(H,30,31,32). The van der Waals surface area contributed by atoms with Crippen LogP contribution in [0.5, 0.6) is 5.75 Å². The maximum atomic E-state index is 13.0.